The number of carbonyl (C=O) groups is 1. The van der Waals surface area contributed by atoms with Gasteiger partial charge in [-0.05, 0) is 44.1 Å². The van der Waals surface area contributed by atoms with Crippen molar-refractivity contribution in [2.45, 2.75) is 62.3 Å². The molecule has 5 nitrogen and oxygen atoms in total. The van der Waals surface area contributed by atoms with Crippen LogP contribution in [0.1, 0.15) is 43.6 Å². The fourth-order valence-electron chi connectivity index (χ4n) is 4.45. The maximum Gasteiger partial charge on any atom is 0.482 e. The van der Waals surface area contributed by atoms with Crippen LogP contribution in [0.3, 0.4) is 0 Å². The minimum absolute atomic E-state index is 0.0253. The first-order chi connectivity index (χ1) is 13.3. The van der Waals surface area contributed by atoms with Crippen molar-refractivity contribution >= 4 is 5.91 Å². The van der Waals surface area contributed by atoms with Gasteiger partial charge in [-0.15, -0.1) is 0 Å². The highest BCUT2D eigenvalue weighted by atomic mass is 19.3. The van der Waals surface area contributed by atoms with Crippen LogP contribution in [0.5, 0.6) is 5.75 Å². The van der Waals surface area contributed by atoms with E-state index in [1.807, 2.05) is 0 Å². The summed E-state index contributed by atoms with van der Waals surface area (Å²) in [6, 6.07) is 0.317. The number of fused-ring (bicyclic) bond motifs is 5. The Morgan fingerprint density at radius 1 is 1.11 bits per heavy atom. The van der Waals surface area contributed by atoms with Crippen molar-refractivity contribution in [3.63, 3.8) is 0 Å². The van der Waals surface area contributed by atoms with E-state index in [-0.39, 0.29) is 30.7 Å². The first-order valence-electron chi connectivity index (χ1n) is 9.50. The summed E-state index contributed by atoms with van der Waals surface area (Å²) in [6.07, 6.45) is -1.78. The van der Waals surface area contributed by atoms with Gasteiger partial charge in [-0.2, -0.15) is 8.78 Å². The molecule has 1 aromatic rings. The van der Waals surface area contributed by atoms with Gasteiger partial charge >= 0.3 is 12.0 Å². The molecule has 1 saturated heterocycles. The van der Waals surface area contributed by atoms with Crippen LogP contribution >= 0.6 is 0 Å². The molecule has 1 saturated carbocycles. The maximum absolute atomic E-state index is 14.7. The minimum atomic E-state index is -4.30. The lowest BCUT2D eigenvalue weighted by atomic mass is 9.82. The number of rotatable bonds is 0. The van der Waals surface area contributed by atoms with E-state index in [1.54, 1.807) is 0 Å². The summed E-state index contributed by atoms with van der Waals surface area (Å²) >= 11 is 0. The van der Waals surface area contributed by atoms with Gasteiger partial charge in [-0.25, -0.2) is 8.78 Å². The van der Waals surface area contributed by atoms with Crippen LogP contribution in [0.15, 0.2) is 12.1 Å². The Hall–Kier alpha value is -1.87. The molecule has 0 spiro atoms. The van der Waals surface area contributed by atoms with E-state index in [1.165, 1.54) is 0 Å². The third-order valence-corrected chi connectivity index (χ3v) is 5.99. The molecule has 2 fully saturated rings. The normalized spacial score (nSPS) is 32.6. The van der Waals surface area contributed by atoms with Gasteiger partial charge in [0.15, 0.2) is 11.6 Å². The van der Waals surface area contributed by atoms with Crippen molar-refractivity contribution in [2.24, 2.45) is 5.73 Å². The number of hydrogen-bond acceptors (Lipinski definition) is 4. The van der Waals surface area contributed by atoms with Crippen LogP contribution in [0.25, 0.3) is 0 Å². The second-order valence-electron chi connectivity index (χ2n) is 7.75. The SMILES string of the molecule is NC1CCN2C(=O)C(F)(F)Oc3c(F)cc(F)cc3C3CCC(CC3)OCC12. The number of hydrogen-bond donors (Lipinski definition) is 1. The van der Waals surface area contributed by atoms with E-state index < -0.39 is 41.5 Å². The molecule has 1 amide bonds. The summed E-state index contributed by atoms with van der Waals surface area (Å²) in [5, 5.41) is 0. The average molecular weight is 402 g/mol. The molecular formula is C19H22F4N2O3. The Bertz CT molecular complexity index is 768. The van der Waals surface area contributed by atoms with Gasteiger partial charge in [0.25, 0.3) is 0 Å². The van der Waals surface area contributed by atoms with E-state index in [2.05, 4.69) is 4.74 Å². The molecule has 2 N–H and O–H groups in total. The number of ether oxygens (including phenoxy) is 2. The van der Waals surface area contributed by atoms with E-state index in [0.29, 0.717) is 38.2 Å². The zero-order valence-corrected chi connectivity index (χ0v) is 15.2. The highest BCUT2D eigenvalue weighted by Gasteiger charge is 2.51. The van der Waals surface area contributed by atoms with Gasteiger partial charge in [0.1, 0.15) is 5.82 Å². The van der Waals surface area contributed by atoms with Crippen LogP contribution < -0.4 is 10.5 Å². The van der Waals surface area contributed by atoms with Crippen molar-refractivity contribution in [1.82, 2.24) is 4.90 Å². The Balaban J connectivity index is 1.76. The number of benzene rings is 1. The predicted molar refractivity (Wildman–Crippen MR) is 91.0 cm³/mol. The molecule has 154 valence electrons. The van der Waals surface area contributed by atoms with Gasteiger partial charge in [0.05, 0.1) is 18.8 Å². The molecule has 28 heavy (non-hydrogen) atoms. The third kappa shape index (κ3) is 3.45. The molecular weight excluding hydrogens is 380 g/mol. The quantitative estimate of drug-likeness (QED) is 0.678. The molecule has 0 aromatic heterocycles. The van der Waals surface area contributed by atoms with Gasteiger partial charge < -0.3 is 20.1 Å². The van der Waals surface area contributed by atoms with Gasteiger partial charge in [0.2, 0.25) is 0 Å². The van der Waals surface area contributed by atoms with Gasteiger partial charge in [0, 0.05) is 24.2 Å². The van der Waals surface area contributed by atoms with Crippen LogP contribution in [0, 0.1) is 11.6 Å². The number of alkyl halides is 2. The Morgan fingerprint density at radius 2 is 1.82 bits per heavy atom. The molecule has 2 atom stereocenters. The summed E-state index contributed by atoms with van der Waals surface area (Å²) in [4.78, 5) is 13.5. The second-order valence-corrected chi connectivity index (χ2v) is 7.75. The first kappa shape index (κ1) is 19.4. The Labute approximate surface area is 159 Å². The zero-order chi connectivity index (χ0) is 20.1. The van der Waals surface area contributed by atoms with E-state index in [4.69, 9.17) is 10.5 Å². The molecule has 0 radical (unpaired) electrons. The van der Waals surface area contributed by atoms with Gasteiger partial charge in [-0.3, -0.25) is 4.79 Å². The van der Waals surface area contributed by atoms with Crippen molar-refractivity contribution in [3.05, 3.63) is 29.3 Å². The number of carbonyl (C=O) groups excluding carboxylic acids is 1. The van der Waals surface area contributed by atoms with Crippen molar-refractivity contribution < 1.29 is 31.8 Å². The molecule has 1 aliphatic carbocycles. The smallest absolute Gasteiger partial charge is 0.422 e. The highest BCUT2D eigenvalue weighted by molar-refractivity contribution is 5.83. The number of halogens is 4. The average Bonchev–Trinajstić information content (AvgIpc) is 3.01. The standard InChI is InChI=1S/C19H22F4N2O3/c20-11-7-13-10-1-3-12(4-2-10)27-9-16-15(24)5-6-25(16)18(26)19(22,23)28-17(13)14(21)8-11/h7-8,10,12,15-16H,1-6,9,24H2. The Kier molecular flexibility index (Phi) is 4.99. The zero-order valence-electron chi connectivity index (χ0n) is 15.2. The van der Waals surface area contributed by atoms with Crippen molar-refractivity contribution in [1.29, 1.82) is 0 Å². The molecule has 3 aliphatic heterocycles. The number of amides is 1. The van der Waals surface area contributed by atoms with E-state index in [9.17, 15) is 22.4 Å². The van der Waals surface area contributed by atoms with Gasteiger partial charge in [-0.1, -0.05) is 0 Å². The molecule has 2 bridgehead atoms. The maximum atomic E-state index is 14.7. The van der Waals surface area contributed by atoms with Crippen LogP contribution in [-0.4, -0.2) is 48.3 Å². The van der Waals surface area contributed by atoms with Crippen molar-refractivity contribution in [2.75, 3.05) is 13.2 Å². The summed E-state index contributed by atoms with van der Waals surface area (Å²) in [5.41, 5.74) is 6.03. The summed E-state index contributed by atoms with van der Waals surface area (Å²) in [7, 11) is 0. The van der Waals surface area contributed by atoms with Crippen LogP contribution in [0.2, 0.25) is 0 Å². The molecule has 5 rings (SSSR count). The molecule has 2 unspecified atom stereocenters. The second kappa shape index (κ2) is 7.18. The largest absolute Gasteiger partial charge is 0.482 e. The number of nitrogens with zero attached hydrogens (tertiary/aromatic N) is 1. The fraction of sp³-hybridized carbons (Fsp3) is 0.632. The summed E-state index contributed by atoms with van der Waals surface area (Å²) in [6.45, 7) is 0.104. The fourth-order valence-corrected chi connectivity index (χ4v) is 4.45. The predicted octanol–water partition coefficient (Wildman–Crippen LogP) is 2.92. The molecule has 4 aliphatic rings. The molecule has 9 heteroatoms. The monoisotopic (exact) mass is 402 g/mol. The summed E-state index contributed by atoms with van der Waals surface area (Å²) < 4.78 is 68.1. The lowest BCUT2D eigenvalue weighted by Gasteiger charge is -2.31. The lowest BCUT2D eigenvalue weighted by molar-refractivity contribution is -0.206. The summed E-state index contributed by atoms with van der Waals surface area (Å²) in [5.74, 6) is -4.82. The highest BCUT2D eigenvalue weighted by Crippen LogP contribution is 2.42. The topological polar surface area (TPSA) is 64.8 Å². The molecule has 1 aromatic carbocycles. The Morgan fingerprint density at radius 3 is 2.54 bits per heavy atom. The minimum Gasteiger partial charge on any atom is -0.422 e. The lowest BCUT2D eigenvalue weighted by Crippen LogP contribution is -2.53. The van der Waals surface area contributed by atoms with E-state index in [0.717, 1.165) is 11.0 Å². The van der Waals surface area contributed by atoms with E-state index >= 15 is 0 Å². The third-order valence-electron chi connectivity index (χ3n) is 5.99. The number of nitrogens with two attached hydrogens (primary N) is 1. The van der Waals surface area contributed by atoms with Crippen molar-refractivity contribution in [3.8, 4) is 5.75 Å². The van der Waals surface area contributed by atoms with Crippen LogP contribution in [0.4, 0.5) is 17.6 Å². The molecule has 3 heterocycles. The van der Waals surface area contributed by atoms with Crippen LogP contribution in [-0.2, 0) is 9.53 Å². The first-order valence-corrected chi connectivity index (χ1v) is 9.50.